The van der Waals surface area contributed by atoms with Crippen molar-refractivity contribution in [2.45, 2.75) is 26.1 Å². The fourth-order valence-corrected chi connectivity index (χ4v) is 1.66. The average Bonchev–Trinajstić information content (AvgIpc) is 2.61. The molecule has 2 heterocycles. The van der Waals surface area contributed by atoms with Gasteiger partial charge < -0.3 is 4.57 Å². The number of pyridine rings is 1. The largest absolute Gasteiger partial charge is 0.417 e. The smallest absolute Gasteiger partial charge is 0.343 e. The van der Waals surface area contributed by atoms with Crippen LogP contribution >= 0.6 is 0 Å². The van der Waals surface area contributed by atoms with Crippen LogP contribution in [0.15, 0.2) is 24.5 Å². The van der Waals surface area contributed by atoms with Crippen LogP contribution in [-0.4, -0.2) is 9.55 Å². The van der Waals surface area contributed by atoms with Crippen molar-refractivity contribution in [2.24, 2.45) is 0 Å². The van der Waals surface area contributed by atoms with Gasteiger partial charge in [-0.05, 0) is 26.0 Å². The van der Waals surface area contributed by atoms with E-state index in [9.17, 15) is 13.2 Å². The minimum Gasteiger partial charge on any atom is -0.343 e. The van der Waals surface area contributed by atoms with Crippen molar-refractivity contribution in [1.82, 2.24) is 9.55 Å². The number of alkyl halides is 3. The zero-order valence-corrected chi connectivity index (χ0v) is 8.92. The van der Waals surface area contributed by atoms with E-state index in [1.165, 1.54) is 6.20 Å². The minimum absolute atomic E-state index is 0.0333. The molecule has 86 valence electrons. The Hall–Kier alpha value is -1.52. The van der Waals surface area contributed by atoms with Gasteiger partial charge in [-0.1, -0.05) is 0 Å². The molecule has 0 atom stereocenters. The average molecular weight is 228 g/mol. The molecule has 0 aromatic heterocycles. The van der Waals surface area contributed by atoms with Gasteiger partial charge in [-0.25, -0.2) is 0 Å². The van der Waals surface area contributed by atoms with Crippen LogP contribution in [0.4, 0.5) is 13.2 Å². The Balaban J connectivity index is 2.67. The van der Waals surface area contributed by atoms with E-state index in [0.29, 0.717) is 5.69 Å². The molecule has 0 saturated carbocycles. The van der Waals surface area contributed by atoms with Crippen LogP contribution in [0.25, 0.3) is 11.4 Å². The third-order valence-corrected chi connectivity index (χ3v) is 2.44. The summed E-state index contributed by atoms with van der Waals surface area (Å²) in [6.45, 7) is 3.68. The third-order valence-electron chi connectivity index (χ3n) is 2.44. The first-order chi connectivity index (χ1) is 7.39. The Bertz CT molecular complexity index is 471. The van der Waals surface area contributed by atoms with E-state index in [1.807, 2.05) is 13.8 Å². The highest BCUT2D eigenvalue weighted by atomic mass is 19.4. The molecule has 2 nitrogen and oxygen atoms in total. The van der Waals surface area contributed by atoms with Crippen LogP contribution in [0.3, 0.4) is 0 Å². The molecular formula is C11H11F3N2. The monoisotopic (exact) mass is 228 g/mol. The minimum atomic E-state index is -4.33. The second-order valence-corrected chi connectivity index (χ2v) is 3.94. The Morgan fingerprint density at radius 1 is 1.31 bits per heavy atom. The molecule has 2 aliphatic heterocycles. The van der Waals surface area contributed by atoms with Crippen LogP contribution in [0.1, 0.15) is 25.5 Å². The van der Waals surface area contributed by atoms with Gasteiger partial charge in [0.15, 0.2) is 0 Å². The van der Waals surface area contributed by atoms with Gasteiger partial charge in [0.2, 0.25) is 0 Å². The summed E-state index contributed by atoms with van der Waals surface area (Å²) in [6, 6.07) is 2.76. The fourth-order valence-electron chi connectivity index (χ4n) is 1.66. The van der Waals surface area contributed by atoms with Gasteiger partial charge in [0, 0.05) is 18.4 Å². The van der Waals surface area contributed by atoms with Gasteiger partial charge >= 0.3 is 6.18 Å². The number of hydrogen-bond donors (Lipinski definition) is 0. The maximum atomic E-state index is 12.6. The van der Waals surface area contributed by atoms with Gasteiger partial charge in [-0.2, -0.15) is 13.2 Å². The summed E-state index contributed by atoms with van der Waals surface area (Å²) < 4.78 is 39.5. The maximum absolute atomic E-state index is 12.6. The molecule has 0 saturated heterocycles. The summed E-state index contributed by atoms with van der Waals surface area (Å²) in [7, 11) is 0. The molecule has 0 amide bonds. The molecule has 0 aromatic carbocycles. The van der Waals surface area contributed by atoms with Crippen molar-refractivity contribution in [1.29, 1.82) is 0 Å². The van der Waals surface area contributed by atoms with Crippen LogP contribution < -0.4 is 0 Å². The summed E-state index contributed by atoms with van der Waals surface area (Å²) >= 11 is 0. The molecular weight excluding hydrogens is 217 g/mol. The summed E-state index contributed by atoms with van der Waals surface area (Å²) in [5.74, 6) is 0. The quantitative estimate of drug-likeness (QED) is 0.729. The van der Waals surface area contributed by atoms with Crippen LogP contribution in [0.2, 0.25) is 0 Å². The molecule has 2 rings (SSSR count). The lowest BCUT2D eigenvalue weighted by atomic mass is 10.1. The molecule has 0 aliphatic carbocycles. The standard InChI is InChI=1S/C11H11F3N2/c1-7(2)16-6-8(11(12,13)14)5-9-10(16)3-4-15-9/h3-7H,1-2H3. The molecule has 5 heteroatoms. The number of hydrogen-bond acceptors (Lipinski definition) is 1. The molecule has 0 N–H and O–H groups in total. The Morgan fingerprint density at radius 2 is 2.00 bits per heavy atom. The van der Waals surface area contributed by atoms with Gasteiger partial charge in [0.25, 0.3) is 0 Å². The molecule has 0 radical (unpaired) electrons. The second-order valence-electron chi connectivity index (χ2n) is 3.94. The number of nitrogens with zero attached hydrogens (tertiary/aromatic N) is 2. The van der Waals surface area contributed by atoms with E-state index in [4.69, 9.17) is 0 Å². The van der Waals surface area contributed by atoms with Crippen molar-refractivity contribution < 1.29 is 13.2 Å². The van der Waals surface area contributed by atoms with Crippen molar-refractivity contribution in [3.05, 3.63) is 30.1 Å². The van der Waals surface area contributed by atoms with Gasteiger partial charge in [0.05, 0.1) is 17.0 Å². The molecule has 0 fully saturated rings. The van der Waals surface area contributed by atoms with Crippen molar-refractivity contribution in [3.8, 4) is 11.4 Å². The van der Waals surface area contributed by atoms with Gasteiger partial charge in [0.1, 0.15) is 0 Å². The highest BCUT2D eigenvalue weighted by Gasteiger charge is 2.32. The van der Waals surface area contributed by atoms with E-state index in [0.717, 1.165) is 18.0 Å². The zero-order valence-electron chi connectivity index (χ0n) is 8.92. The molecule has 0 bridgehead atoms. The Morgan fingerprint density at radius 3 is 2.56 bits per heavy atom. The fraction of sp³-hybridized carbons (Fsp3) is 0.364. The van der Waals surface area contributed by atoms with E-state index < -0.39 is 11.7 Å². The first-order valence-corrected chi connectivity index (χ1v) is 4.93. The van der Waals surface area contributed by atoms with Crippen molar-refractivity contribution >= 4 is 0 Å². The van der Waals surface area contributed by atoms with E-state index in [-0.39, 0.29) is 6.04 Å². The van der Waals surface area contributed by atoms with Crippen LogP contribution in [-0.2, 0) is 6.18 Å². The third kappa shape index (κ3) is 1.77. The summed E-state index contributed by atoms with van der Waals surface area (Å²) in [5.41, 5.74) is 0.443. The van der Waals surface area contributed by atoms with Gasteiger partial charge in [-0.15, -0.1) is 0 Å². The molecule has 2 aliphatic rings. The van der Waals surface area contributed by atoms with Crippen LogP contribution in [0, 0.1) is 0 Å². The van der Waals surface area contributed by atoms with Crippen LogP contribution in [0.5, 0.6) is 0 Å². The van der Waals surface area contributed by atoms with Crippen molar-refractivity contribution in [3.63, 3.8) is 0 Å². The second kappa shape index (κ2) is 3.50. The maximum Gasteiger partial charge on any atom is 0.417 e. The normalized spacial score (nSPS) is 12.6. The molecule has 16 heavy (non-hydrogen) atoms. The predicted octanol–water partition coefficient (Wildman–Crippen LogP) is 3.59. The number of rotatable bonds is 1. The highest BCUT2D eigenvalue weighted by molar-refractivity contribution is 5.58. The Kier molecular flexibility index (Phi) is 2.40. The number of halogens is 3. The lowest BCUT2D eigenvalue weighted by molar-refractivity contribution is -0.138. The van der Waals surface area contributed by atoms with Gasteiger partial charge in [-0.3, -0.25) is 4.98 Å². The Labute approximate surface area is 91.1 Å². The first kappa shape index (κ1) is 11.0. The zero-order chi connectivity index (χ0) is 11.9. The summed E-state index contributed by atoms with van der Waals surface area (Å²) in [6.07, 6.45) is -1.68. The molecule has 0 unspecified atom stereocenters. The molecule has 0 spiro atoms. The lowest BCUT2D eigenvalue weighted by Crippen LogP contribution is -2.12. The number of fused-ring (bicyclic) bond motifs is 1. The lowest BCUT2D eigenvalue weighted by Gasteiger charge is -2.19. The number of aromatic nitrogens is 2. The van der Waals surface area contributed by atoms with E-state index >= 15 is 0 Å². The van der Waals surface area contributed by atoms with E-state index in [1.54, 1.807) is 10.6 Å². The van der Waals surface area contributed by atoms with E-state index in [2.05, 4.69) is 4.98 Å². The predicted molar refractivity (Wildman–Crippen MR) is 54.2 cm³/mol. The summed E-state index contributed by atoms with van der Waals surface area (Å²) in [4.78, 5) is 3.92. The highest BCUT2D eigenvalue weighted by Crippen LogP contribution is 2.34. The van der Waals surface area contributed by atoms with Crippen molar-refractivity contribution in [2.75, 3.05) is 0 Å². The summed E-state index contributed by atoms with van der Waals surface area (Å²) in [5, 5.41) is 0. The first-order valence-electron chi connectivity index (χ1n) is 4.93. The SMILES string of the molecule is CC(C)n1cc(C(F)(F)F)cc2nccc1-2. The molecule has 0 aromatic rings. The topological polar surface area (TPSA) is 17.8 Å².